The number of carbonyl (C=O) groups is 1. The van der Waals surface area contributed by atoms with Gasteiger partial charge in [0, 0.05) is 36.8 Å². The molecule has 0 aromatic carbocycles. The Hall–Kier alpha value is -3.41. The first-order chi connectivity index (χ1) is 17.2. The summed E-state index contributed by atoms with van der Waals surface area (Å²) in [5.74, 6) is 2.69. The molecule has 6 rings (SSSR count). The van der Waals surface area contributed by atoms with Crippen LogP contribution < -0.4 is 9.80 Å². The first-order valence-corrected chi connectivity index (χ1v) is 12.9. The second kappa shape index (κ2) is 8.05. The molecule has 2 saturated heterocycles. The highest BCUT2D eigenvalue weighted by atomic mass is 16.6. The van der Waals surface area contributed by atoms with Crippen LogP contribution in [0.2, 0.25) is 0 Å². The summed E-state index contributed by atoms with van der Waals surface area (Å²) in [6, 6.07) is 6.44. The van der Waals surface area contributed by atoms with Gasteiger partial charge in [-0.05, 0) is 65.0 Å². The summed E-state index contributed by atoms with van der Waals surface area (Å²) in [5, 5.41) is 9.42. The molecule has 9 heteroatoms. The molecule has 36 heavy (non-hydrogen) atoms. The number of nitrogens with zero attached hydrogens (tertiary/aromatic N) is 7. The van der Waals surface area contributed by atoms with E-state index in [9.17, 15) is 10.1 Å². The van der Waals surface area contributed by atoms with Gasteiger partial charge in [0.25, 0.3) is 0 Å². The smallest absolute Gasteiger partial charge is 0.410 e. The molecule has 5 heterocycles. The van der Waals surface area contributed by atoms with Crippen molar-refractivity contribution in [3.05, 3.63) is 35.8 Å². The van der Waals surface area contributed by atoms with E-state index in [0.29, 0.717) is 11.6 Å². The highest BCUT2D eigenvalue weighted by molar-refractivity contribution is 5.76. The number of likely N-dealkylation sites (N-methyl/N-ethyl adjacent to an activating group) is 1. The van der Waals surface area contributed by atoms with E-state index in [2.05, 4.69) is 20.9 Å². The number of aromatic nitrogens is 3. The lowest BCUT2D eigenvalue weighted by molar-refractivity contribution is 0.0202. The zero-order valence-corrected chi connectivity index (χ0v) is 21.4. The number of ether oxygens (including phenoxy) is 1. The van der Waals surface area contributed by atoms with Crippen molar-refractivity contribution in [1.29, 1.82) is 5.26 Å². The molecule has 9 nitrogen and oxygen atoms in total. The third kappa shape index (κ3) is 3.49. The number of fused-ring (bicyclic) bond motifs is 4. The van der Waals surface area contributed by atoms with Crippen molar-refractivity contribution < 1.29 is 9.53 Å². The van der Waals surface area contributed by atoms with E-state index in [1.165, 1.54) is 12.0 Å². The van der Waals surface area contributed by atoms with E-state index < -0.39 is 5.60 Å². The van der Waals surface area contributed by atoms with Gasteiger partial charge < -0.3 is 19.4 Å². The molecule has 188 valence electrons. The lowest BCUT2D eigenvalue weighted by Gasteiger charge is -2.40. The normalized spacial score (nSPS) is 25.5. The monoisotopic (exact) mass is 487 g/mol. The van der Waals surface area contributed by atoms with Gasteiger partial charge in [0.15, 0.2) is 0 Å². The van der Waals surface area contributed by atoms with E-state index in [4.69, 9.17) is 14.7 Å². The van der Waals surface area contributed by atoms with Gasteiger partial charge in [0.1, 0.15) is 29.4 Å². The molecule has 2 bridgehead atoms. The lowest BCUT2D eigenvalue weighted by Crippen LogP contribution is -2.47. The maximum Gasteiger partial charge on any atom is 0.410 e. The number of nitriles is 1. The van der Waals surface area contributed by atoms with Crippen molar-refractivity contribution in [3.63, 3.8) is 0 Å². The molecule has 0 radical (unpaired) electrons. The molecule has 0 unspecified atom stereocenters. The Morgan fingerprint density at radius 1 is 1.22 bits per heavy atom. The largest absolute Gasteiger partial charge is 0.444 e. The lowest BCUT2D eigenvalue weighted by atomic mass is 9.66. The minimum Gasteiger partial charge on any atom is -0.444 e. The Labute approximate surface area is 212 Å². The molecule has 1 aliphatic carbocycles. The molecular weight excluding hydrogens is 454 g/mol. The van der Waals surface area contributed by atoms with Gasteiger partial charge in [-0.2, -0.15) is 5.26 Å². The average Bonchev–Trinajstić information content (AvgIpc) is 3.51. The molecule has 3 fully saturated rings. The third-order valence-corrected chi connectivity index (χ3v) is 8.44. The maximum absolute atomic E-state index is 12.9. The second-order valence-electron chi connectivity index (χ2n) is 11.7. The molecule has 1 spiro atoms. The number of anilines is 3. The molecular formula is C27H33N7O2. The van der Waals surface area contributed by atoms with Crippen LogP contribution in [0.25, 0.3) is 0 Å². The van der Waals surface area contributed by atoms with Gasteiger partial charge in [0.05, 0.1) is 23.7 Å². The van der Waals surface area contributed by atoms with Gasteiger partial charge in [-0.3, -0.25) is 0 Å². The fourth-order valence-corrected chi connectivity index (χ4v) is 6.71. The van der Waals surface area contributed by atoms with Crippen molar-refractivity contribution in [2.75, 3.05) is 23.4 Å². The van der Waals surface area contributed by atoms with Crippen molar-refractivity contribution in [3.8, 4) is 6.07 Å². The topological polar surface area (TPSA) is 98.5 Å². The highest BCUT2D eigenvalue weighted by Crippen LogP contribution is 2.57. The third-order valence-electron chi connectivity index (χ3n) is 8.44. The number of hydrogen-bond donors (Lipinski definition) is 0. The zero-order chi connectivity index (χ0) is 25.2. The van der Waals surface area contributed by atoms with Crippen molar-refractivity contribution >= 4 is 23.5 Å². The van der Waals surface area contributed by atoms with Crippen LogP contribution >= 0.6 is 0 Å². The van der Waals surface area contributed by atoms with Crippen LogP contribution in [0, 0.1) is 11.3 Å². The number of pyridine rings is 1. The first kappa shape index (κ1) is 23.0. The van der Waals surface area contributed by atoms with Crippen LogP contribution in [-0.2, 0) is 10.2 Å². The van der Waals surface area contributed by atoms with Gasteiger partial charge >= 0.3 is 6.09 Å². The standard InChI is InChI=1S/C27H33N7O2/c1-26(2,3)36-25(35)32(4)20-13-18-6-7-19(20)34(18)24-22-23(30-16-31-24)33(15-27(22)9-5-10-27)21-12-17(14-28)8-11-29-21/h8,11-12,16,18-20H,5-7,9-10,13,15H2,1-4H3/t18-,19-,20-/m1/s1. The molecule has 2 aromatic rings. The fraction of sp³-hybridized carbons (Fsp3) is 0.593. The van der Waals surface area contributed by atoms with Gasteiger partial charge in [-0.25, -0.2) is 19.7 Å². The van der Waals surface area contributed by atoms with Crippen LogP contribution in [0.15, 0.2) is 24.7 Å². The minimum atomic E-state index is -0.521. The number of rotatable bonds is 3. The fourth-order valence-electron chi connectivity index (χ4n) is 6.71. The van der Waals surface area contributed by atoms with Crippen molar-refractivity contribution in [1.82, 2.24) is 19.9 Å². The second-order valence-corrected chi connectivity index (χ2v) is 11.7. The number of amides is 1. The Kier molecular flexibility index (Phi) is 5.15. The molecule has 0 N–H and O–H groups in total. The molecule has 3 atom stereocenters. The molecule has 4 aliphatic rings. The maximum atomic E-state index is 12.9. The SMILES string of the molecule is CN(C(=O)OC(C)(C)C)[C@@H]1C[C@H]2CC[C@H]1N2c1ncnc2c1C1(CCC1)CN2c1cc(C#N)ccn1. The number of hydrogen-bond acceptors (Lipinski definition) is 8. The highest BCUT2D eigenvalue weighted by Gasteiger charge is 2.55. The van der Waals surface area contributed by atoms with Crippen LogP contribution in [0.3, 0.4) is 0 Å². The molecule has 2 aromatic heterocycles. The van der Waals surface area contributed by atoms with Crippen molar-refractivity contribution in [2.45, 2.75) is 88.4 Å². The Morgan fingerprint density at radius 2 is 2.00 bits per heavy atom. The Bertz CT molecular complexity index is 1250. The summed E-state index contributed by atoms with van der Waals surface area (Å²) in [4.78, 5) is 33.6. The zero-order valence-electron chi connectivity index (χ0n) is 21.4. The minimum absolute atomic E-state index is 0.00481. The average molecular weight is 488 g/mol. The van der Waals surface area contributed by atoms with E-state index in [0.717, 1.165) is 56.1 Å². The Balaban J connectivity index is 1.36. The number of carbonyl (C=O) groups excluding carboxylic acids is 1. The quantitative estimate of drug-likeness (QED) is 0.632. The molecule has 1 amide bonds. The van der Waals surface area contributed by atoms with Crippen LogP contribution in [0.1, 0.15) is 70.4 Å². The summed E-state index contributed by atoms with van der Waals surface area (Å²) in [6.07, 6.45) is 9.52. The summed E-state index contributed by atoms with van der Waals surface area (Å²) in [6.45, 7) is 6.52. The first-order valence-electron chi connectivity index (χ1n) is 12.9. The van der Waals surface area contributed by atoms with Gasteiger partial charge in [-0.1, -0.05) is 6.42 Å². The van der Waals surface area contributed by atoms with Crippen LogP contribution in [-0.4, -0.2) is 63.3 Å². The van der Waals surface area contributed by atoms with E-state index in [1.54, 1.807) is 23.5 Å². The van der Waals surface area contributed by atoms with E-state index >= 15 is 0 Å². The summed E-state index contributed by atoms with van der Waals surface area (Å²) in [5.41, 5.74) is 1.30. The predicted molar refractivity (Wildman–Crippen MR) is 135 cm³/mol. The summed E-state index contributed by atoms with van der Waals surface area (Å²) < 4.78 is 5.68. The molecule has 1 saturated carbocycles. The van der Waals surface area contributed by atoms with Gasteiger partial charge in [-0.15, -0.1) is 0 Å². The van der Waals surface area contributed by atoms with Gasteiger partial charge in [0.2, 0.25) is 0 Å². The molecule has 3 aliphatic heterocycles. The summed E-state index contributed by atoms with van der Waals surface area (Å²) in [7, 11) is 1.87. The van der Waals surface area contributed by atoms with Crippen LogP contribution in [0.4, 0.5) is 22.2 Å². The summed E-state index contributed by atoms with van der Waals surface area (Å²) >= 11 is 0. The van der Waals surface area contributed by atoms with E-state index in [1.807, 2.05) is 33.9 Å². The van der Waals surface area contributed by atoms with E-state index in [-0.39, 0.29) is 23.6 Å². The van der Waals surface area contributed by atoms with Crippen LogP contribution in [0.5, 0.6) is 0 Å². The Morgan fingerprint density at radius 3 is 2.69 bits per heavy atom. The van der Waals surface area contributed by atoms with Crippen molar-refractivity contribution in [2.24, 2.45) is 0 Å². The predicted octanol–water partition coefficient (Wildman–Crippen LogP) is 4.29.